The van der Waals surface area contributed by atoms with Crippen LogP contribution in [0.25, 0.3) is 0 Å². The molecule has 1 atom stereocenters. The van der Waals surface area contributed by atoms with Crippen molar-refractivity contribution in [3.63, 3.8) is 0 Å². The molecule has 1 N–H and O–H groups in total. The van der Waals surface area contributed by atoms with Crippen molar-refractivity contribution in [3.8, 4) is 5.75 Å². The Hall–Kier alpha value is -1.09. The van der Waals surface area contributed by atoms with Crippen LogP contribution in [0.5, 0.6) is 5.75 Å². The average Bonchev–Trinajstić information content (AvgIpc) is 2.70. The van der Waals surface area contributed by atoms with Crippen molar-refractivity contribution in [1.29, 1.82) is 0 Å². The predicted molar refractivity (Wildman–Crippen MR) is 50.8 cm³/mol. The van der Waals surface area contributed by atoms with Crippen LogP contribution in [0.2, 0.25) is 0 Å². The molecule has 70 valence electrons. The van der Waals surface area contributed by atoms with Crippen LogP contribution in [0, 0.1) is 0 Å². The fourth-order valence-corrected chi connectivity index (χ4v) is 1.80. The number of nitrogens with zero attached hydrogens (tertiary/aromatic N) is 1. The summed E-state index contributed by atoms with van der Waals surface area (Å²) in [6.45, 7) is 1.11. The van der Waals surface area contributed by atoms with Crippen LogP contribution < -0.4 is 10.1 Å². The molecule has 0 bridgehead atoms. The van der Waals surface area contributed by atoms with E-state index in [1.807, 2.05) is 12.3 Å². The first-order chi connectivity index (χ1) is 6.42. The summed E-state index contributed by atoms with van der Waals surface area (Å²) in [4.78, 5) is 4.03. The number of hydrogen-bond acceptors (Lipinski definition) is 3. The molecule has 1 unspecified atom stereocenters. The van der Waals surface area contributed by atoms with Gasteiger partial charge in [0.1, 0.15) is 5.75 Å². The van der Waals surface area contributed by atoms with Crippen molar-refractivity contribution >= 4 is 0 Å². The van der Waals surface area contributed by atoms with E-state index < -0.39 is 0 Å². The van der Waals surface area contributed by atoms with E-state index in [-0.39, 0.29) is 0 Å². The lowest BCUT2D eigenvalue weighted by molar-refractivity contribution is 0.401. The monoisotopic (exact) mass is 178 g/mol. The first-order valence-electron chi connectivity index (χ1n) is 4.63. The van der Waals surface area contributed by atoms with E-state index >= 15 is 0 Å². The van der Waals surface area contributed by atoms with Gasteiger partial charge in [0.25, 0.3) is 0 Å². The lowest BCUT2D eigenvalue weighted by atomic mass is 10.1. The van der Waals surface area contributed by atoms with Crippen LogP contribution in [0.1, 0.15) is 24.4 Å². The van der Waals surface area contributed by atoms with Gasteiger partial charge in [-0.2, -0.15) is 0 Å². The number of hydrogen-bond donors (Lipinski definition) is 1. The highest BCUT2D eigenvalue weighted by Crippen LogP contribution is 2.29. The van der Waals surface area contributed by atoms with Crippen LogP contribution in [0.15, 0.2) is 18.5 Å². The Labute approximate surface area is 78.1 Å². The third-order valence-electron chi connectivity index (χ3n) is 2.47. The summed E-state index contributed by atoms with van der Waals surface area (Å²) < 4.78 is 5.26. The van der Waals surface area contributed by atoms with Gasteiger partial charge in [-0.05, 0) is 25.5 Å². The summed E-state index contributed by atoms with van der Waals surface area (Å²) in [7, 11) is 1.69. The van der Waals surface area contributed by atoms with Crippen molar-refractivity contribution in [3.05, 3.63) is 24.0 Å². The summed E-state index contributed by atoms with van der Waals surface area (Å²) in [6.07, 6.45) is 6.03. The van der Waals surface area contributed by atoms with Crippen LogP contribution >= 0.6 is 0 Å². The number of nitrogens with one attached hydrogen (secondary N) is 1. The highest BCUT2D eigenvalue weighted by Gasteiger charge is 2.19. The topological polar surface area (TPSA) is 34.1 Å². The molecular formula is C10H14N2O. The van der Waals surface area contributed by atoms with E-state index in [1.54, 1.807) is 13.3 Å². The maximum atomic E-state index is 5.26. The molecule has 1 aromatic heterocycles. The maximum Gasteiger partial charge on any atom is 0.141 e. The quantitative estimate of drug-likeness (QED) is 0.745. The van der Waals surface area contributed by atoms with Gasteiger partial charge in [-0.3, -0.25) is 4.98 Å². The molecule has 0 saturated carbocycles. The van der Waals surface area contributed by atoms with Crippen LogP contribution in [0.3, 0.4) is 0 Å². The van der Waals surface area contributed by atoms with Crippen LogP contribution in [-0.4, -0.2) is 18.6 Å². The Morgan fingerprint density at radius 3 is 3.23 bits per heavy atom. The van der Waals surface area contributed by atoms with Gasteiger partial charge in [0.15, 0.2) is 0 Å². The molecule has 0 amide bonds. The lowest BCUT2D eigenvalue weighted by Crippen LogP contribution is -2.13. The zero-order valence-electron chi connectivity index (χ0n) is 7.79. The van der Waals surface area contributed by atoms with Crippen LogP contribution in [0.4, 0.5) is 0 Å². The Kier molecular flexibility index (Phi) is 2.45. The van der Waals surface area contributed by atoms with Crippen molar-refractivity contribution < 1.29 is 4.74 Å². The van der Waals surface area contributed by atoms with Crippen molar-refractivity contribution in [2.75, 3.05) is 13.7 Å². The Morgan fingerprint density at radius 1 is 1.62 bits per heavy atom. The van der Waals surface area contributed by atoms with Gasteiger partial charge in [0.05, 0.1) is 13.3 Å². The molecular weight excluding hydrogens is 164 g/mol. The van der Waals surface area contributed by atoms with E-state index in [2.05, 4.69) is 10.3 Å². The molecule has 1 aliphatic rings. The molecule has 0 spiro atoms. The number of rotatable bonds is 2. The minimum Gasteiger partial charge on any atom is -0.495 e. The predicted octanol–water partition coefficient (Wildman–Crippen LogP) is 1.51. The molecule has 0 radical (unpaired) electrons. The number of ether oxygens (including phenoxy) is 1. The summed E-state index contributed by atoms with van der Waals surface area (Å²) in [6, 6.07) is 2.49. The van der Waals surface area contributed by atoms with E-state index in [0.29, 0.717) is 6.04 Å². The molecule has 0 aliphatic carbocycles. The smallest absolute Gasteiger partial charge is 0.141 e. The zero-order valence-corrected chi connectivity index (χ0v) is 7.79. The van der Waals surface area contributed by atoms with E-state index in [4.69, 9.17) is 4.74 Å². The summed E-state index contributed by atoms with van der Waals surface area (Å²) in [5, 5.41) is 3.44. The van der Waals surface area contributed by atoms with Crippen molar-refractivity contribution in [2.24, 2.45) is 0 Å². The van der Waals surface area contributed by atoms with Gasteiger partial charge >= 0.3 is 0 Å². The van der Waals surface area contributed by atoms with Crippen LogP contribution in [-0.2, 0) is 0 Å². The molecule has 1 fully saturated rings. The highest BCUT2D eigenvalue weighted by atomic mass is 16.5. The fraction of sp³-hybridized carbons (Fsp3) is 0.500. The van der Waals surface area contributed by atoms with Crippen molar-refractivity contribution in [1.82, 2.24) is 10.3 Å². The Bertz CT molecular complexity index is 282. The molecule has 2 rings (SSSR count). The maximum absolute atomic E-state index is 5.26. The first kappa shape index (κ1) is 8.51. The third kappa shape index (κ3) is 1.65. The van der Waals surface area contributed by atoms with Gasteiger partial charge in [0.2, 0.25) is 0 Å². The minimum absolute atomic E-state index is 0.456. The first-order valence-corrected chi connectivity index (χ1v) is 4.63. The van der Waals surface area contributed by atoms with E-state index in [9.17, 15) is 0 Å². The Balaban J connectivity index is 2.26. The van der Waals surface area contributed by atoms with Gasteiger partial charge in [-0.15, -0.1) is 0 Å². The minimum atomic E-state index is 0.456. The fourth-order valence-electron chi connectivity index (χ4n) is 1.80. The van der Waals surface area contributed by atoms with Gasteiger partial charge in [-0.25, -0.2) is 0 Å². The third-order valence-corrected chi connectivity index (χ3v) is 2.47. The van der Waals surface area contributed by atoms with Gasteiger partial charge in [-0.1, -0.05) is 0 Å². The second-order valence-electron chi connectivity index (χ2n) is 3.27. The zero-order chi connectivity index (χ0) is 9.10. The second kappa shape index (κ2) is 3.75. The van der Waals surface area contributed by atoms with Gasteiger partial charge < -0.3 is 10.1 Å². The van der Waals surface area contributed by atoms with E-state index in [1.165, 1.54) is 18.4 Å². The molecule has 2 heterocycles. The molecule has 13 heavy (non-hydrogen) atoms. The molecule has 1 saturated heterocycles. The van der Waals surface area contributed by atoms with Crippen molar-refractivity contribution in [2.45, 2.75) is 18.9 Å². The number of aromatic nitrogens is 1. The van der Waals surface area contributed by atoms with E-state index in [0.717, 1.165) is 12.3 Å². The standard InChI is InChI=1S/C10H14N2O/c1-13-10-7-11-6-4-8(10)9-3-2-5-12-9/h4,6-7,9,12H,2-3,5H2,1H3. The van der Waals surface area contributed by atoms with Gasteiger partial charge in [0, 0.05) is 17.8 Å². The molecule has 0 aromatic carbocycles. The highest BCUT2D eigenvalue weighted by molar-refractivity contribution is 5.33. The molecule has 1 aromatic rings. The summed E-state index contributed by atoms with van der Waals surface area (Å²) in [5.74, 6) is 0.891. The SMILES string of the molecule is COc1cnccc1C1CCCN1. The normalized spacial score (nSPS) is 21.8. The molecule has 1 aliphatic heterocycles. The Morgan fingerprint density at radius 2 is 2.54 bits per heavy atom. The average molecular weight is 178 g/mol. The number of methoxy groups -OCH3 is 1. The summed E-state index contributed by atoms with van der Waals surface area (Å²) in [5.41, 5.74) is 1.23. The molecule has 3 heteroatoms. The second-order valence-corrected chi connectivity index (χ2v) is 3.27. The summed E-state index contributed by atoms with van der Waals surface area (Å²) >= 11 is 0. The lowest BCUT2D eigenvalue weighted by Gasteiger charge is -2.13. The molecule has 3 nitrogen and oxygen atoms in total. The largest absolute Gasteiger partial charge is 0.495 e. The number of pyridine rings is 1.